The zero-order chi connectivity index (χ0) is 17.4. The van der Waals surface area contributed by atoms with Crippen LogP contribution in [0.3, 0.4) is 0 Å². The second kappa shape index (κ2) is 6.20. The van der Waals surface area contributed by atoms with Gasteiger partial charge < -0.3 is 10.2 Å². The first kappa shape index (κ1) is 16.4. The first-order valence-electron chi connectivity index (χ1n) is 7.42. The molecule has 3 rings (SSSR count). The van der Waals surface area contributed by atoms with Gasteiger partial charge in [-0.25, -0.2) is 4.99 Å². The normalized spacial score (nSPS) is 14.5. The number of aryl methyl sites for hydroxylation is 1. The Bertz CT molecular complexity index is 873. The summed E-state index contributed by atoms with van der Waals surface area (Å²) < 4.78 is 0.866. The third-order valence-electron chi connectivity index (χ3n) is 3.99. The summed E-state index contributed by atoms with van der Waals surface area (Å²) in [7, 11) is 1.71. The molecule has 0 spiro atoms. The summed E-state index contributed by atoms with van der Waals surface area (Å²) in [5.74, 6) is -0.265. The molecule has 0 fully saturated rings. The summed E-state index contributed by atoms with van der Waals surface area (Å²) >= 11 is 3.54. The molecular formula is C18H16BrN3O2. The number of halogens is 1. The molecule has 0 saturated carbocycles. The van der Waals surface area contributed by atoms with Crippen LogP contribution in [0.5, 0.6) is 0 Å². The molecule has 2 aromatic carbocycles. The molecule has 0 aliphatic carbocycles. The fourth-order valence-corrected chi connectivity index (χ4v) is 3.01. The highest BCUT2D eigenvalue weighted by Crippen LogP contribution is 2.34. The highest BCUT2D eigenvalue weighted by Gasteiger charge is 2.28. The van der Waals surface area contributed by atoms with Crippen LogP contribution in [0.2, 0.25) is 0 Å². The second-order valence-corrected chi connectivity index (χ2v) is 6.42. The second-order valence-electron chi connectivity index (χ2n) is 5.63. The van der Waals surface area contributed by atoms with Crippen molar-refractivity contribution in [2.24, 2.45) is 4.99 Å². The zero-order valence-corrected chi connectivity index (χ0v) is 15.1. The summed E-state index contributed by atoms with van der Waals surface area (Å²) in [6.07, 6.45) is 0. The van der Waals surface area contributed by atoms with Crippen LogP contribution in [0.25, 0.3) is 0 Å². The van der Waals surface area contributed by atoms with Gasteiger partial charge in [-0.3, -0.25) is 9.59 Å². The van der Waals surface area contributed by atoms with Gasteiger partial charge in [0.25, 0.3) is 5.91 Å². The number of nitrogens with zero attached hydrogens (tertiary/aromatic N) is 2. The minimum absolute atomic E-state index is 0.0439. The van der Waals surface area contributed by atoms with E-state index >= 15 is 0 Å². The molecule has 1 heterocycles. The van der Waals surface area contributed by atoms with E-state index in [9.17, 15) is 9.59 Å². The number of hydrogen-bond donors (Lipinski definition) is 1. The number of hydrogen-bond acceptors (Lipinski definition) is 3. The molecular weight excluding hydrogens is 370 g/mol. The zero-order valence-electron chi connectivity index (χ0n) is 13.6. The molecule has 5 nitrogen and oxygen atoms in total. The number of carbonyl (C=O) groups excluding carboxylic acids is 2. The molecule has 0 unspecified atom stereocenters. The summed E-state index contributed by atoms with van der Waals surface area (Å²) in [4.78, 5) is 29.7. The Balaban J connectivity index is 2.00. The van der Waals surface area contributed by atoms with E-state index in [1.165, 1.54) is 6.92 Å². The van der Waals surface area contributed by atoms with Crippen molar-refractivity contribution in [2.45, 2.75) is 13.8 Å². The van der Waals surface area contributed by atoms with Crippen molar-refractivity contribution in [1.29, 1.82) is 0 Å². The Hall–Kier alpha value is -2.47. The molecule has 1 aliphatic heterocycles. The van der Waals surface area contributed by atoms with Gasteiger partial charge in [0.1, 0.15) is 5.71 Å². The maximum absolute atomic E-state index is 12.2. The van der Waals surface area contributed by atoms with E-state index in [0.717, 1.165) is 27.0 Å². The van der Waals surface area contributed by atoms with E-state index < -0.39 is 0 Å². The van der Waals surface area contributed by atoms with E-state index in [1.807, 2.05) is 19.1 Å². The first-order valence-corrected chi connectivity index (χ1v) is 8.21. The van der Waals surface area contributed by atoms with Crippen LogP contribution >= 0.6 is 15.9 Å². The Morgan fingerprint density at radius 1 is 1.17 bits per heavy atom. The van der Waals surface area contributed by atoms with Gasteiger partial charge >= 0.3 is 0 Å². The SMILES string of the molecule is CC(=O)N(C)c1ccc(N=C2C(=O)Nc3ccc(C)c(Br)c32)cc1. The number of nitrogens with one attached hydrogen (secondary N) is 1. The molecule has 0 saturated heterocycles. The van der Waals surface area contributed by atoms with Gasteiger partial charge in [-0.1, -0.05) is 6.07 Å². The predicted molar refractivity (Wildman–Crippen MR) is 99.2 cm³/mol. The lowest BCUT2D eigenvalue weighted by molar-refractivity contribution is -0.116. The average Bonchev–Trinajstić information content (AvgIpc) is 2.87. The molecule has 122 valence electrons. The quantitative estimate of drug-likeness (QED) is 0.853. The van der Waals surface area contributed by atoms with Gasteiger partial charge in [0.05, 0.1) is 11.4 Å². The third kappa shape index (κ3) is 2.85. The maximum atomic E-state index is 12.2. The molecule has 6 heteroatoms. The maximum Gasteiger partial charge on any atom is 0.275 e. The Morgan fingerprint density at radius 3 is 2.46 bits per heavy atom. The Kier molecular flexibility index (Phi) is 4.24. The van der Waals surface area contributed by atoms with E-state index in [-0.39, 0.29) is 11.8 Å². The molecule has 0 atom stereocenters. The van der Waals surface area contributed by atoms with Crippen molar-refractivity contribution in [3.63, 3.8) is 0 Å². The van der Waals surface area contributed by atoms with Crippen LogP contribution in [-0.2, 0) is 9.59 Å². The monoisotopic (exact) mass is 385 g/mol. The van der Waals surface area contributed by atoms with E-state index in [4.69, 9.17) is 0 Å². The lowest BCUT2D eigenvalue weighted by Crippen LogP contribution is -2.22. The molecule has 2 amide bonds. The number of rotatable bonds is 2. The van der Waals surface area contributed by atoms with Crippen LogP contribution in [0.1, 0.15) is 18.1 Å². The summed E-state index contributed by atoms with van der Waals surface area (Å²) in [5.41, 5.74) is 4.39. The number of carbonyl (C=O) groups is 2. The van der Waals surface area contributed by atoms with Gasteiger partial charge in [-0.05, 0) is 58.7 Å². The van der Waals surface area contributed by atoms with Crippen LogP contribution in [0.4, 0.5) is 17.1 Å². The van der Waals surface area contributed by atoms with Gasteiger partial charge in [0.15, 0.2) is 0 Å². The lowest BCUT2D eigenvalue weighted by Gasteiger charge is -2.14. The van der Waals surface area contributed by atoms with E-state index in [2.05, 4.69) is 26.2 Å². The molecule has 0 radical (unpaired) electrons. The van der Waals surface area contributed by atoms with Gasteiger partial charge in [0, 0.05) is 29.7 Å². The van der Waals surface area contributed by atoms with Crippen LogP contribution in [-0.4, -0.2) is 24.6 Å². The first-order chi connectivity index (χ1) is 11.4. The minimum atomic E-state index is -0.221. The van der Waals surface area contributed by atoms with Crippen LogP contribution in [0, 0.1) is 6.92 Å². The number of aliphatic imine (C=N–C) groups is 1. The lowest BCUT2D eigenvalue weighted by atomic mass is 10.1. The fourth-order valence-electron chi connectivity index (χ4n) is 2.48. The van der Waals surface area contributed by atoms with Gasteiger partial charge in [-0.15, -0.1) is 0 Å². The van der Waals surface area contributed by atoms with Crippen molar-refractivity contribution in [3.8, 4) is 0 Å². The fraction of sp³-hybridized carbons (Fsp3) is 0.167. The Labute approximate surface area is 148 Å². The van der Waals surface area contributed by atoms with E-state index in [0.29, 0.717) is 11.4 Å². The predicted octanol–water partition coefficient (Wildman–Crippen LogP) is 3.81. The van der Waals surface area contributed by atoms with E-state index in [1.54, 1.807) is 36.2 Å². The molecule has 2 aromatic rings. The molecule has 0 bridgehead atoms. The number of anilines is 2. The van der Waals surface area contributed by atoms with Crippen molar-refractivity contribution in [3.05, 3.63) is 52.0 Å². The summed E-state index contributed by atoms with van der Waals surface area (Å²) in [6.45, 7) is 3.48. The summed E-state index contributed by atoms with van der Waals surface area (Å²) in [5, 5.41) is 2.83. The topological polar surface area (TPSA) is 61.8 Å². The highest BCUT2D eigenvalue weighted by molar-refractivity contribution is 9.10. The third-order valence-corrected chi connectivity index (χ3v) is 5.01. The van der Waals surface area contributed by atoms with Crippen molar-refractivity contribution < 1.29 is 9.59 Å². The van der Waals surface area contributed by atoms with Crippen molar-refractivity contribution in [2.75, 3.05) is 17.3 Å². The average molecular weight is 386 g/mol. The smallest absolute Gasteiger partial charge is 0.275 e. The number of fused-ring (bicyclic) bond motifs is 1. The molecule has 0 aromatic heterocycles. The Morgan fingerprint density at radius 2 is 1.83 bits per heavy atom. The van der Waals surface area contributed by atoms with Gasteiger partial charge in [-0.2, -0.15) is 0 Å². The van der Waals surface area contributed by atoms with Crippen LogP contribution in [0.15, 0.2) is 45.9 Å². The molecule has 24 heavy (non-hydrogen) atoms. The standard InChI is InChI=1S/C18H16BrN3O2/c1-10-4-9-14-15(16(10)19)17(18(24)21-14)20-12-5-7-13(8-6-12)22(3)11(2)23/h4-9H,1-3H3,(H,20,21,24). The number of benzene rings is 2. The van der Waals surface area contributed by atoms with Gasteiger partial charge in [0.2, 0.25) is 5.91 Å². The van der Waals surface area contributed by atoms with Crippen LogP contribution < -0.4 is 10.2 Å². The molecule has 1 aliphatic rings. The minimum Gasteiger partial charge on any atom is -0.320 e. The molecule has 1 N–H and O–H groups in total. The van der Waals surface area contributed by atoms with Crippen molar-refractivity contribution >= 4 is 50.5 Å². The summed E-state index contributed by atoms with van der Waals surface area (Å²) in [6, 6.07) is 11.0. The highest BCUT2D eigenvalue weighted by atomic mass is 79.9. The number of amides is 2. The van der Waals surface area contributed by atoms with Crippen molar-refractivity contribution in [1.82, 2.24) is 0 Å². The largest absolute Gasteiger partial charge is 0.320 e.